The first kappa shape index (κ1) is 21.9. The molecule has 0 spiro atoms. The number of thiophene rings is 1. The maximum Gasteiger partial charge on any atom is 0.261 e. The quantitative estimate of drug-likeness (QED) is 0.640. The highest BCUT2D eigenvalue weighted by Gasteiger charge is 2.22. The Morgan fingerprint density at radius 2 is 1.93 bits per heavy atom. The average molecular weight is 404 g/mol. The zero-order chi connectivity index (χ0) is 20.5. The Kier molecular flexibility index (Phi) is 8.47. The maximum absolute atomic E-state index is 12.5. The largest absolute Gasteiger partial charge is 0.497 e. The van der Waals surface area contributed by atoms with Crippen LogP contribution in [0.15, 0.2) is 41.8 Å². The lowest BCUT2D eigenvalue weighted by atomic mass is 10.0. The summed E-state index contributed by atoms with van der Waals surface area (Å²) in [4.78, 5) is 27.6. The summed E-state index contributed by atoms with van der Waals surface area (Å²) < 4.78 is 5.34. The van der Waals surface area contributed by atoms with Gasteiger partial charge in [0.1, 0.15) is 11.8 Å². The minimum atomic E-state index is -0.614. The molecule has 2 N–H and O–H groups in total. The lowest BCUT2D eigenvalue weighted by molar-refractivity contribution is -0.122. The van der Waals surface area contributed by atoms with Gasteiger partial charge in [-0.1, -0.05) is 32.0 Å². The first-order chi connectivity index (χ1) is 13.5. The lowest BCUT2D eigenvalue weighted by Crippen LogP contribution is -2.47. The van der Waals surface area contributed by atoms with Crippen LogP contribution in [0.1, 0.15) is 42.0 Å². The van der Waals surface area contributed by atoms with Crippen LogP contribution in [-0.2, 0) is 4.79 Å². The normalized spacial score (nSPS) is 13.0. The molecular formula is C21H29N3O3S. The molecule has 0 saturated carbocycles. The number of methoxy groups -OCH3 is 1. The topological polar surface area (TPSA) is 70.7 Å². The molecule has 0 saturated heterocycles. The van der Waals surface area contributed by atoms with E-state index >= 15 is 0 Å². The van der Waals surface area contributed by atoms with E-state index in [1.54, 1.807) is 20.1 Å². The van der Waals surface area contributed by atoms with Gasteiger partial charge in [-0.05, 0) is 49.2 Å². The highest BCUT2D eigenvalue weighted by Crippen LogP contribution is 2.23. The van der Waals surface area contributed by atoms with Crippen LogP contribution in [-0.4, -0.2) is 49.5 Å². The predicted octanol–water partition coefficient (Wildman–Crippen LogP) is 3.07. The molecule has 0 bridgehead atoms. The molecule has 28 heavy (non-hydrogen) atoms. The number of carbonyl (C=O) groups excluding carboxylic acids is 2. The Morgan fingerprint density at radius 3 is 2.54 bits per heavy atom. The molecule has 0 aliphatic rings. The van der Waals surface area contributed by atoms with Crippen LogP contribution in [0, 0.1) is 0 Å². The molecule has 0 fully saturated rings. The second-order valence-electron chi connectivity index (χ2n) is 6.43. The Balaban J connectivity index is 2.03. The van der Waals surface area contributed by atoms with Crippen LogP contribution in [0.25, 0.3) is 0 Å². The van der Waals surface area contributed by atoms with Gasteiger partial charge >= 0.3 is 0 Å². The standard InChI is InChI=1S/C21H29N3O3S/c1-5-24(6-2)18(16-9-7-10-17(13-16)27-4)14-22-20(25)15(3)23-21(26)19-11-8-12-28-19/h7-13,15,18H,5-6,14H2,1-4H3,(H,22,25)(H,23,26). The van der Waals surface area contributed by atoms with Gasteiger partial charge in [0.15, 0.2) is 0 Å². The Labute approximate surface area is 170 Å². The fourth-order valence-corrected chi connectivity index (χ4v) is 3.69. The van der Waals surface area contributed by atoms with Crippen molar-refractivity contribution < 1.29 is 14.3 Å². The molecule has 2 amide bonds. The van der Waals surface area contributed by atoms with Crippen LogP contribution in [0.4, 0.5) is 0 Å². The van der Waals surface area contributed by atoms with Crippen molar-refractivity contribution in [3.8, 4) is 5.75 Å². The third-order valence-electron chi connectivity index (χ3n) is 4.69. The van der Waals surface area contributed by atoms with E-state index in [1.807, 2.05) is 35.7 Å². The summed E-state index contributed by atoms with van der Waals surface area (Å²) in [6, 6.07) is 10.9. The predicted molar refractivity (Wildman–Crippen MR) is 113 cm³/mol. The highest BCUT2D eigenvalue weighted by atomic mass is 32.1. The van der Waals surface area contributed by atoms with Crippen LogP contribution >= 0.6 is 11.3 Å². The summed E-state index contributed by atoms with van der Waals surface area (Å²) >= 11 is 1.35. The fourth-order valence-electron chi connectivity index (χ4n) is 3.06. The van der Waals surface area contributed by atoms with E-state index in [0.29, 0.717) is 11.4 Å². The zero-order valence-electron chi connectivity index (χ0n) is 16.9. The van der Waals surface area contributed by atoms with Gasteiger partial charge in [-0.2, -0.15) is 0 Å². The number of nitrogens with zero attached hydrogens (tertiary/aromatic N) is 1. The number of hydrogen-bond donors (Lipinski definition) is 2. The Bertz CT molecular complexity index is 760. The molecule has 1 heterocycles. The maximum atomic E-state index is 12.5. The summed E-state index contributed by atoms with van der Waals surface area (Å²) in [5.41, 5.74) is 1.08. The van der Waals surface area contributed by atoms with Crippen LogP contribution in [0.3, 0.4) is 0 Å². The average Bonchev–Trinajstić information content (AvgIpc) is 3.25. The first-order valence-corrected chi connectivity index (χ1v) is 10.4. The number of carbonyl (C=O) groups is 2. The van der Waals surface area contributed by atoms with E-state index in [9.17, 15) is 9.59 Å². The molecule has 0 radical (unpaired) electrons. The van der Waals surface area contributed by atoms with Crippen molar-refractivity contribution in [2.45, 2.75) is 32.9 Å². The molecule has 2 atom stereocenters. The van der Waals surface area contributed by atoms with Gasteiger partial charge in [-0.15, -0.1) is 11.3 Å². The van der Waals surface area contributed by atoms with Gasteiger partial charge in [0.2, 0.25) is 5.91 Å². The van der Waals surface area contributed by atoms with Crippen molar-refractivity contribution in [3.05, 3.63) is 52.2 Å². The van der Waals surface area contributed by atoms with E-state index in [1.165, 1.54) is 11.3 Å². The van der Waals surface area contributed by atoms with Crippen molar-refractivity contribution in [1.29, 1.82) is 0 Å². The van der Waals surface area contributed by atoms with Gasteiger partial charge in [0.25, 0.3) is 5.91 Å². The van der Waals surface area contributed by atoms with Crippen LogP contribution < -0.4 is 15.4 Å². The molecule has 1 aromatic carbocycles. The monoisotopic (exact) mass is 403 g/mol. The second-order valence-corrected chi connectivity index (χ2v) is 7.38. The van der Waals surface area contributed by atoms with Gasteiger partial charge in [0, 0.05) is 6.54 Å². The van der Waals surface area contributed by atoms with E-state index in [-0.39, 0.29) is 17.9 Å². The molecule has 2 aromatic rings. The van der Waals surface area contributed by atoms with Gasteiger partial charge < -0.3 is 15.4 Å². The zero-order valence-corrected chi connectivity index (χ0v) is 17.7. The van der Waals surface area contributed by atoms with E-state index in [4.69, 9.17) is 4.74 Å². The molecule has 0 aliphatic carbocycles. The molecule has 2 rings (SSSR count). The summed E-state index contributed by atoms with van der Waals surface area (Å²) in [5, 5.41) is 7.57. The van der Waals surface area contributed by atoms with Gasteiger partial charge in [-0.25, -0.2) is 0 Å². The number of amides is 2. The van der Waals surface area contributed by atoms with E-state index in [2.05, 4.69) is 29.4 Å². The summed E-state index contributed by atoms with van der Waals surface area (Å²) in [6.07, 6.45) is 0. The van der Waals surface area contributed by atoms with Crippen molar-refractivity contribution in [2.24, 2.45) is 0 Å². The van der Waals surface area contributed by atoms with E-state index in [0.717, 1.165) is 24.4 Å². The first-order valence-electron chi connectivity index (χ1n) is 9.50. The van der Waals surface area contributed by atoms with Gasteiger partial charge in [0.05, 0.1) is 18.0 Å². The Hall–Kier alpha value is -2.38. The molecule has 0 aliphatic heterocycles. The smallest absolute Gasteiger partial charge is 0.261 e. The van der Waals surface area contributed by atoms with Crippen molar-refractivity contribution in [3.63, 3.8) is 0 Å². The number of hydrogen-bond acceptors (Lipinski definition) is 5. The molecule has 1 aromatic heterocycles. The highest BCUT2D eigenvalue weighted by molar-refractivity contribution is 7.12. The summed E-state index contributed by atoms with van der Waals surface area (Å²) in [7, 11) is 1.64. The van der Waals surface area contributed by atoms with Crippen LogP contribution in [0.5, 0.6) is 5.75 Å². The number of benzene rings is 1. The molecule has 2 unspecified atom stereocenters. The third-order valence-corrected chi connectivity index (χ3v) is 5.56. The van der Waals surface area contributed by atoms with Crippen molar-refractivity contribution in [1.82, 2.24) is 15.5 Å². The number of nitrogens with one attached hydrogen (secondary N) is 2. The minimum absolute atomic E-state index is 0.0225. The third kappa shape index (κ3) is 5.81. The Morgan fingerprint density at radius 1 is 1.18 bits per heavy atom. The number of rotatable bonds is 10. The number of ether oxygens (including phenoxy) is 1. The van der Waals surface area contributed by atoms with E-state index < -0.39 is 6.04 Å². The number of likely N-dealkylation sites (N-methyl/N-ethyl adjacent to an activating group) is 1. The minimum Gasteiger partial charge on any atom is -0.497 e. The van der Waals surface area contributed by atoms with Crippen molar-refractivity contribution in [2.75, 3.05) is 26.7 Å². The molecule has 6 nitrogen and oxygen atoms in total. The molecule has 152 valence electrons. The van der Waals surface area contributed by atoms with Crippen molar-refractivity contribution >= 4 is 23.2 Å². The molecule has 7 heteroatoms. The lowest BCUT2D eigenvalue weighted by Gasteiger charge is -2.31. The van der Waals surface area contributed by atoms with Gasteiger partial charge in [-0.3, -0.25) is 14.5 Å². The SMILES string of the molecule is CCN(CC)C(CNC(=O)C(C)NC(=O)c1cccs1)c1cccc(OC)c1. The fraction of sp³-hybridized carbons (Fsp3) is 0.429. The second kappa shape index (κ2) is 10.8. The summed E-state index contributed by atoms with van der Waals surface area (Å²) in [5.74, 6) is 0.355. The summed E-state index contributed by atoms with van der Waals surface area (Å²) in [6.45, 7) is 8.06. The molecular weight excluding hydrogens is 374 g/mol. The van der Waals surface area contributed by atoms with Crippen LogP contribution in [0.2, 0.25) is 0 Å².